The third-order valence-corrected chi connectivity index (χ3v) is 3.73. The van der Waals surface area contributed by atoms with Crippen LogP contribution in [0.3, 0.4) is 0 Å². The molecule has 0 saturated heterocycles. The number of nitrogens with one attached hydrogen (secondary N) is 1. The molecule has 0 aliphatic rings. The Hall–Kier alpha value is -1.29. The fourth-order valence-corrected chi connectivity index (χ4v) is 2.33. The summed E-state index contributed by atoms with van der Waals surface area (Å²) in [6, 6.07) is 9.85. The third kappa shape index (κ3) is 4.10. The standard InChI is InChI=1S/C16H16Cl2FNO/c1-10(20-2)14-8-13(18)4-6-16(14)21-9-11-7-12(17)3-5-15(11)19/h3-8,10,20H,9H2,1-2H3. The van der Waals surface area contributed by atoms with Crippen LogP contribution in [0.1, 0.15) is 24.1 Å². The second-order valence-electron chi connectivity index (χ2n) is 4.72. The minimum atomic E-state index is -0.337. The Morgan fingerprint density at radius 3 is 2.52 bits per heavy atom. The third-order valence-electron chi connectivity index (χ3n) is 3.26. The van der Waals surface area contributed by atoms with Gasteiger partial charge in [-0.1, -0.05) is 23.2 Å². The maximum absolute atomic E-state index is 13.7. The van der Waals surface area contributed by atoms with Gasteiger partial charge in [-0.25, -0.2) is 4.39 Å². The smallest absolute Gasteiger partial charge is 0.129 e. The van der Waals surface area contributed by atoms with Crippen molar-refractivity contribution in [3.05, 3.63) is 63.4 Å². The van der Waals surface area contributed by atoms with E-state index in [1.807, 2.05) is 20.0 Å². The first kappa shape index (κ1) is 16.1. The summed E-state index contributed by atoms with van der Waals surface area (Å²) >= 11 is 11.9. The van der Waals surface area contributed by atoms with E-state index in [1.165, 1.54) is 12.1 Å². The SMILES string of the molecule is CNC(C)c1cc(Cl)ccc1OCc1cc(Cl)ccc1F. The van der Waals surface area contributed by atoms with Crippen molar-refractivity contribution in [1.82, 2.24) is 5.32 Å². The van der Waals surface area contributed by atoms with Crippen LogP contribution in [-0.4, -0.2) is 7.05 Å². The van der Waals surface area contributed by atoms with Crippen LogP contribution in [0, 0.1) is 5.82 Å². The average molecular weight is 328 g/mol. The van der Waals surface area contributed by atoms with Crippen molar-refractivity contribution in [2.45, 2.75) is 19.6 Å². The summed E-state index contributed by atoms with van der Waals surface area (Å²) in [5.74, 6) is 0.331. The van der Waals surface area contributed by atoms with E-state index in [-0.39, 0.29) is 18.5 Å². The molecule has 21 heavy (non-hydrogen) atoms. The number of ether oxygens (including phenoxy) is 1. The summed E-state index contributed by atoms with van der Waals surface area (Å²) in [7, 11) is 1.85. The maximum Gasteiger partial charge on any atom is 0.129 e. The average Bonchev–Trinajstić information content (AvgIpc) is 2.48. The van der Waals surface area contributed by atoms with Gasteiger partial charge < -0.3 is 10.1 Å². The monoisotopic (exact) mass is 327 g/mol. The highest BCUT2D eigenvalue weighted by molar-refractivity contribution is 6.30. The Labute approximate surface area is 133 Å². The van der Waals surface area contributed by atoms with Crippen molar-refractivity contribution in [2.75, 3.05) is 7.05 Å². The molecule has 0 bridgehead atoms. The fraction of sp³-hybridized carbons (Fsp3) is 0.250. The zero-order valence-electron chi connectivity index (χ0n) is 11.8. The molecular formula is C16H16Cl2FNO. The van der Waals surface area contributed by atoms with Gasteiger partial charge in [0.25, 0.3) is 0 Å². The second kappa shape index (κ2) is 7.12. The molecule has 0 heterocycles. The molecule has 2 nitrogen and oxygen atoms in total. The maximum atomic E-state index is 13.7. The topological polar surface area (TPSA) is 21.3 Å². The molecule has 1 atom stereocenters. The molecule has 2 aromatic rings. The van der Waals surface area contributed by atoms with Gasteiger partial charge in [-0.05, 0) is 50.4 Å². The number of rotatable bonds is 5. The first-order chi connectivity index (χ1) is 10.0. The molecule has 0 aliphatic heterocycles. The van der Waals surface area contributed by atoms with Gasteiger partial charge in [0, 0.05) is 27.2 Å². The van der Waals surface area contributed by atoms with Gasteiger partial charge in [0.1, 0.15) is 18.2 Å². The van der Waals surface area contributed by atoms with Gasteiger partial charge in [0.05, 0.1) is 0 Å². The van der Waals surface area contributed by atoms with Crippen LogP contribution in [0.4, 0.5) is 4.39 Å². The first-order valence-corrected chi connectivity index (χ1v) is 7.30. The highest BCUT2D eigenvalue weighted by Gasteiger charge is 2.12. The van der Waals surface area contributed by atoms with Gasteiger partial charge >= 0.3 is 0 Å². The zero-order valence-corrected chi connectivity index (χ0v) is 13.3. The highest BCUT2D eigenvalue weighted by Crippen LogP contribution is 2.29. The summed E-state index contributed by atoms with van der Waals surface area (Å²) < 4.78 is 19.4. The Kier molecular flexibility index (Phi) is 5.45. The van der Waals surface area contributed by atoms with Gasteiger partial charge in [-0.2, -0.15) is 0 Å². The Bertz CT molecular complexity index is 634. The van der Waals surface area contributed by atoms with Crippen LogP contribution < -0.4 is 10.1 Å². The van der Waals surface area contributed by atoms with E-state index in [1.54, 1.807) is 18.2 Å². The predicted octanol–water partition coefficient (Wildman–Crippen LogP) is 4.99. The molecule has 0 saturated carbocycles. The molecule has 2 aromatic carbocycles. The van der Waals surface area contributed by atoms with E-state index in [9.17, 15) is 4.39 Å². The minimum Gasteiger partial charge on any atom is -0.488 e. The number of benzene rings is 2. The normalized spacial score (nSPS) is 12.2. The van der Waals surface area contributed by atoms with Gasteiger partial charge in [-0.3, -0.25) is 0 Å². The molecule has 1 N–H and O–H groups in total. The van der Waals surface area contributed by atoms with Crippen LogP contribution in [0.15, 0.2) is 36.4 Å². The molecule has 0 aliphatic carbocycles. The summed E-state index contributed by atoms with van der Waals surface area (Å²) in [6.07, 6.45) is 0. The van der Waals surface area contributed by atoms with Crippen molar-refractivity contribution in [3.63, 3.8) is 0 Å². The summed E-state index contributed by atoms with van der Waals surface area (Å²) in [5.41, 5.74) is 1.34. The van der Waals surface area contributed by atoms with Crippen LogP contribution >= 0.6 is 23.2 Å². The predicted molar refractivity (Wildman–Crippen MR) is 84.7 cm³/mol. The van der Waals surface area contributed by atoms with Gasteiger partial charge in [0.2, 0.25) is 0 Å². The molecule has 5 heteroatoms. The Balaban J connectivity index is 2.21. The lowest BCUT2D eigenvalue weighted by atomic mass is 10.1. The molecule has 1 unspecified atom stereocenters. The van der Waals surface area contributed by atoms with Crippen molar-refractivity contribution in [3.8, 4) is 5.75 Å². The van der Waals surface area contributed by atoms with Crippen molar-refractivity contribution < 1.29 is 9.13 Å². The molecule has 0 radical (unpaired) electrons. The molecule has 0 spiro atoms. The fourth-order valence-electron chi connectivity index (χ4n) is 1.95. The molecule has 0 amide bonds. The van der Waals surface area contributed by atoms with E-state index in [0.29, 0.717) is 21.4 Å². The Morgan fingerprint density at radius 1 is 1.14 bits per heavy atom. The zero-order chi connectivity index (χ0) is 15.4. The quantitative estimate of drug-likeness (QED) is 0.835. The second-order valence-corrected chi connectivity index (χ2v) is 5.59. The van der Waals surface area contributed by atoms with Crippen LogP contribution in [0.5, 0.6) is 5.75 Å². The van der Waals surface area contributed by atoms with E-state index in [2.05, 4.69) is 5.32 Å². The molecule has 2 rings (SSSR count). The number of hydrogen-bond acceptors (Lipinski definition) is 2. The molecule has 0 aromatic heterocycles. The lowest BCUT2D eigenvalue weighted by molar-refractivity contribution is 0.294. The van der Waals surface area contributed by atoms with Gasteiger partial charge in [-0.15, -0.1) is 0 Å². The van der Waals surface area contributed by atoms with E-state index in [4.69, 9.17) is 27.9 Å². The van der Waals surface area contributed by atoms with Crippen molar-refractivity contribution >= 4 is 23.2 Å². The Morgan fingerprint density at radius 2 is 1.81 bits per heavy atom. The molecule has 112 valence electrons. The lowest BCUT2D eigenvalue weighted by Crippen LogP contribution is -2.14. The molecular weight excluding hydrogens is 312 g/mol. The largest absolute Gasteiger partial charge is 0.488 e. The summed E-state index contributed by atoms with van der Waals surface area (Å²) in [5, 5.41) is 4.25. The minimum absolute atomic E-state index is 0.0721. The summed E-state index contributed by atoms with van der Waals surface area (Å²) in [4.78, 5) is 0. The van der Waals surface area contributed by atoms with Gasteiger partial charge in [0.15, 0.2) is 0 Å². The van der Waals surface area contributed by atoms with Crippen LogP contribution in [0.2, 0.25) is 10.0 Å². The van der Waals surface area contributed by atoms with E-state index < -0.39 is 0 Å². The summed E-state index contributed by atoms with van der Waals surface area (Å²) in [6.45, 7) is 2.11. The van der Waals surface area contributed by atoms with Crippen molar-refractivity contribution in [2.24, 2.45) is 0 Å². The van der Waals surface area contributed by atoms with Crippen LogP contribution in [-0.2, 0) is 6.61 Å². The van der Waals surface area contributed by atoms with Crippen LogP contribution in [0.25, 0.3) is 0 Å². The van der Waals surface area contributed by atoms with E-state index >= 15 is 0 Å². The number of hydrogen-bond donors (Lipinski definition) is 1. The number of halogens is 3. The first-order valence-electron chi connectivity index (χ1n) is 6.54. The van der Waals surface area contributed by atoms with E-state index in [0.717, 1.165) is 5.56 Å². The molecule has 0 fully saturated rings. The lowest BCUT2D eigenvalue weighted by Gasteiger charge is -2.17. The van der Waals surface area contributed by atoms with Crippen molar-refractivity contribution in [1.29, 1.82) is 0 Å². The highest BCUT2D eigenvalue weighted by atomic mass is 35.5.